The van der Waals surface area contributed by atoms with E-state index in [1.54, 1.807) is 10.8 Å². The van der Waals surface area contributed by atoms with Crippen molar-refractivity contribution in [1.82, 2.24) is 4.57 Å². The predicted octanol–water partition coefficient (Wildman–Crippen LogP) is 4.65. The molecule has 0 unspecified atom stereocenters. The summed E-state index contributed by atoms with van der Waals surface area (Å²) in [7, 11) is 0. The maximum absolute atomic E-state index is 13.0. The van der Waals surface area contributed by atoms with Gasteiger partial charge in [-0.3, -0.25) is 9.79 Å². The van der Waals surface area contributed by atoms with E-state index in [-0.39, 0.29) is 17.4 Å². The van der Waals surface area contributed by atoms with Gasteiger partial charge in [0.15, 0.2) is 0 Å². The molecule has 0 radical (unpaired) electrons. The zero-order valence-electron chi connectivity index (χ0n) is 15.1. The Hall–Kier alpha value is -2.10. The van der Waals surface area contributed by atoms with Gasteiger partial charge in [0, 0.05) is 24.2 Å². The molecule has 0 atom stereocenters. The number of hydrogen-bond donors (Lipinski definition) is 1. The number of aryl methyl sites for hydroxylation is 1. The Labute approximate surface area is 149 Å². The highest BCUT2D eigenvalue weighted by molar-refractivity contribution is 5.95. The molecule has 0 bridgehead atoms. The van der Waals surface area contributed by atoms with Gasteiger partial charge < -0.3 is 9.67 Å². The molecule has 3 rings (SSSR count). The van der Waals surface area contributed by atoms with E-state index in [0.717, 1.165) is 43.0 Å². The molecule has 134 valence electrons. The first kappa shape index (κ1) is 17.7. The summed E-state index contributed by atoms with van der Waals surface area (Å²) < 4.78 is 1.80. The average Bonchev–Trinajstić information content (AvgIpc) is 2.65. The molecule has 0 saturated heterocycles. The van der Waals surface area contributed by atoms with E-state index in [4.69, 9.17) is 0 Å². The standard InChI is InChI=1S/C21H28N2O2/c1-2-3-9-14-23-19-13-8-7-12-17(19)20(24)18(21(23)25)15-22-16-10-5-4-6-11-16/h7-8,12-13,15-16,24H,2-6,9-11,14H2,1H3. The second kappa shape index (κ2) is 8.32. The van der Waals surface area contributed by atoms with Gasteiger partial charge in [-0.25, -0.2) is 0 Å². The third kappa shape index (κ3) is 3.94. The van der Waals surface area contributed by atoms with Crippen LogP contribution in [0.3, 0.4) is 0 Å². The van der Waals surface area contributed by atoms with E-state index in [1.807, 2.05) is 24.3 Å². The lowest BCUT2D eigenvalue weighted by atomic mass is 9.96. The van der Waals surface area contributed by atoms with E-state index in [2.05, 4.69) is 11.9 Å². The molecule has 1 N–H and O–H groups in total. The van der Waals surface area contributed by atoms with E-state index in [0.29, 0.717) is 12.1 Å². The first-order valence-corrected chi connectivity index (χ1v) is 9.60. The maximum Gasteiger partial charge on any atom is 0.263 e. The van der Waals surface area contributed by atoms with Crippen molar-refractivity contribution >= 4 is 17.1 Å². The van der Waals surface area contributed by atoms with Crippen molar-refractivity contribution in [1.29, 1.82) is 0 Å². The SMILES string of the molecule is CCCCCn1c(=O)c(C=NC2CCCCC2)c(O)c2ccccc21. The van der Waals surface area contributed by atoms with Gasteiger partial charge in [0.1, 0.15) is 11.3 Å². The summed E-state index contributed by atoms with van der Waals surface area (Å²) in [5.41, 5.74) is 1.00. The molecular weight excluding hydrogens is 312 g/mol. The molecule has 1 heterocycles. The fourth-order valence-electron chi connectivity index (χ4n) is 3.68. The molecule has 1 aliphatic rings. The number of rotatable bonds is 6. The monoisotopic (exact) mass is 340 g/mol. The van der Waals surface area contributed by atoms with Crippen LogP contribution in [0.1, 0.15) is 63.9 Å². The predicted molar refractivity (Wildman–Crippen MR) is 104 cm³/mol. The summed E-state index contributed by atoms with van der Waals surface area (Å²) in [5.74, 6) is 0.0619. The van der Waals surface area contributed by atoms with Crippen LogP contribution in [0, 0.1) is 0 Å². The van der Waals surface area contributed by atoms with Crippen molar-refractivity contribution in [2.24, 2.45) is 4.99 Å². The Morgan fingerprint density at radius 3 is 2.72 bits per heavy atom. The molecule has 25 heavy (non-hydrogen) atoms. The van der Waals surface area contributed by atoms with Crippen LogP contribution in [0.15, 0.2) is 34.1 Å². The number of hydrogen-bond acceptors (Lipinski definition) is 3. The molecule has 4 heteroatoms. The van der Waals surface area contributed by atoms with Crippen LogP contribution in [0.5, 0.6) is 5.75 Å². The van der Waals surface area contributed by atoms with Crippen LogP contribution in [0.4, 0.5) is 0 Å². The topological polar surface area (TPSA) is 54.6 Å². The van der Waals surface area contributed by atoms with Crippen LogP contribution in [-0.2, 0) is 6.54 Å². The average molecular weight is 340 g/mol. The molecule has 1 aromatic carbocycles. The first-order chi connectivity index (χ1) is 12.2. The Balaban J connectivity index is 2.01. The molecule has 1 aromatic heterocycles. The Morgan fingerprint density at radius 1 is 1.20 bits per heavy atom. The number of aliphatic imine (C=N–C) groups is 1. The number of para-hydroxylation sites is 1. The Morgan fingerprint density at radius 2 is 1.96 bits per heavy atom. The number of unbranched alkanes of at least 4 members (excludes halogenated alkanes) is 2. The minimum Gasteiger partial charge on any atom is -0.506 e. The summed E-state index contributed by atoms with van der Waals surface area (Å²) in [5, 5.41) is 11.4. The fraction of sp³-hybridized carbons (Fsp3) is 0.524. The van der Waals surface area contributed by atoms with Gasteiger partial charge in [-0.05, 0) is 31.4 Å². The molecule has 2 aromatic rings. The molecule has 1 aliphatic carbocycles. The molecule has 0 amide bonds. The molecule has 0 spiro atoms. The van der Waals surface area contributed by atoms with Crippen molar-refractivity contribution in [2.75, 3.05) is 0 Å². The third-order valence-electron chi connectivity index (χ3n) is 5.16. The van der Waals surface area contributed by atoms with Crippen LogP contribution < -0.4 is 5.56 Å². The number of nitrogens with zero attached hydrogens (tertiary/aromatic N) is 2. The van der Waals surface area contributed by atoms with Gasteiger partial charge >= 0.3 is 0 Å². The lowest BCUT2D eigenvalue weighted by molar-refractivity contribution is 0.444. The fourth-order valence-corrected chi connectivity index (χ4v) is 3.68. The van der Waals surface area contributed by atoms with E-state index < -0.39 is 0 Å². The summed E-state index contributed by atoms with van der Waals surface area (Å²) in [4.78, 5) is 17.6. The van der Waals surface area contributed by atoms with E-state index in [1.165, 1.54) is 19.3 Å². The van der Waals surface area contributed by atoms with Gasteiger partial charge in [0.25, 0.3) is 5.56 Å². The number of aromatic nitrogens is 1. The first-order valence-electron chi connectivity index (χ1n) is 9.60. The molecule has 4 nitrogen and oxygen atoms in total. The van der Waals surface area contributed by atoms with Gasteiger partial charge in [-0.1, -0.05) is 51.2 Å². The highest BCUT2D eigenvalue weighted by Crippen LogP contribution is 2.26. The normalized spacial score (nSPS) is 16.0. The molecule has 1 saturated carbocycles. The minimum atomic E-state index is -0.133. The second-order valence-electron chi connectivity index (χ2n) is 7.01. The lowest BCUT2D eigenvalue weighted by Gasteiger charge is -2.17. The summed E-state index contributed by atoms with van der Waals surface area (Å²) >= 11 is 0. The van der Waals surface area contributed by atoms with Crippen molar-refractivity contribution in [3.05, 3.63) is 40.2 Å². The molecule has 0 aliphatic heterocycles. The second-order valence-corrected chi connectivity index (χ2v) is 7.01. The zero-order chi connectivity index (χ0) is 17.6. The minimum absolute atomic E-state index is 0.0619. The summed E-state index contributed by atoms with van der Waals surface area (Å²) in [6.07, 6.45) is 10.6. The molecule has 1 fully saturated rings. The van der Waals surface area contributed by atoms with Crippen LogP contribution in [-0.4, -0.2) is 21.9 Å². The smallest absolute Gasteiger partial charge is 0.263 e. The van der Waals surface area contributed by atoms with E-state index in [9.17, 15) is 9.90 Å². The van der Waals surface area contributed by atoms with Gasteiger partial charge in [-0.15, -0.1) is 0 Å². The van der Waals surface area contributed by atoms with Crippen LogP contribution in [0.2, 0.25) is 0 Å². The Bertz CT molecular complexity index is 801. The maximum atomic E-state index is 13.0. The van der Waals surface area contributed by atoms with Crippen LogP contribution >= 0.6 is 0 Å². The van der Waals surface area contributed by atoms with Crippen molar-refractivity contribution in [3.8, 4) is 5.75 Å². The summed E-state index contributed by atoms with van der Waals surface area (Å²) in [6.45, 7) is 2.83. The number of aromatic hydroxyl groups is 1. The quantitative estimate of drug-likeness (QED) is 0.615. The highest BCUT2D eigenvalue weighted by Gasteiger charge is 2.16. The largest absolute Gasteiger partial charge is 0.506 e. The zero-order valence-corrected chi connectivity index (χ0v) is 15.1. The molecular formula is C21H28N2O2. The summed E-state index contributed by atoms with van der Waals surface area (Å²) in [6, 6.07) is 7.87. The Kier molecular flexibility index (Phi) is 5.90. The third-order valence-corrected chi connectivity index (χ3v) is 5.16. The highest BCUT2D eigenvalue weighted by atomic mass is 16.3. The number of pyridine rings is 1. The number of benzene rings is 1. The van der Waals surface area contributed by atoms with Gasteiger partial charge in [-0.2, -0.15) is 0 Å². The van der Waals surface area contributed by atoms with Gasteiger partial charge in [0.05, 0.1) is 5.52 Å². The van der Waals surface area contributed by atoms with Crippen molar-refractivity contribution in [2.45, 2.75) is 70.9 Å². The van der Waals surface area contributed by atoms with Gasteiger partial charge in [0.2, 0.25) is 0 Å². The number of fused-ring (bicyclic) bond motifs is 1. The van der Waals surface area contributed by atoms with Crippen molar-refractivity contribution < 1.29 is 5.11 Å². The van der Waals surface area contributed by atoms with Crippen molar-refractivity contribution in [3.63, 3.8) is 0 Å². The lowest BCUT2D eigenvalue weighted by Crippen LogP contribution is -2.25. The van der Waals surface area contributed by atoms with E-state index >= 15 is 0 Å². The van der Waals surface area contributed by atoms with Crippen LogP contribution in [0.25, 0.3) is 10.9 Å².